The molecule has 0 bridgehead atoms. The zero-order chi connectivity index (χ0) is 13.7. The minimum Gasteiger partial charge on any atom is -0.465 e. The largest absolute Gasteiger partial charge is 0.465 e. The van der Waals surface area contributed by atoms with Crippen LogP contribution in [0.2, 0.25) is 0 Å². The second kappa shape index (κ2) is 7.11. The summed E-state index contributed by atoms with van der Waals surface area (Å²) in [5.41, 5.74) is 1.20. The molecule has 108 valence electrons. The van der Waals surface area contributed by atoms with Gasteiger partial charge in [-0.15, -0.1) is 0 Å². The maximum atomic E-state index is 6.06. The molecule has 1 fully saturated rings. The maximum Gasteiger partial charge on any atom is 0.118 e. The lowest BCUT2D eigenvalue weighted by molar-refractivity contribution is 0.00423. The predicted molar refractivity (Wildman–Crippen MR) is 77.0 cm³/mol. The molecule has 1 aliphatic rings. The van der Waals surface area contributed by atoms with Gasteiger partial charge in [0.2, 0.25) is 0 Å². The van der Waals surface area contributed by atoms with Crippen LogP contribution in [0.25, 0.3) is 0 Å². The lowest BCUT2D eigenvalue weighted by atomic mass is 9.89. The van der Waals surface area contributed by atoms with Gasteiger partial charge in [-0.05, 0) is 38.3 Å². The zero-order valence-electron chi connectivity index (χ0n) is 12.5. The number of aryl methyl sites for hydroxylation is 1. The molecule has 1 aromatic rings. The summed E-state index contributed by atoms with van der Waals surface area (Å²) in [5.74, 6) is 2.82. The average molecular weight is 265 g/mol. The van der Waals surface area contributed by atoms with Crippen molar-refractivity contribution >= 4 is 0 Å². The average Bonchev–Trinajstić information content (AvgIpc) is 2.75. The third kappa shape index (κ3) is 4.36. The van der Waals surface area contributed by atoms with E-state index >= 15 is 0 Å². The third-order valence-electron chi connectivity index (χ3n) is 3.98. The van der Waals surface area contributed by atoms with Gasteiger partial charge in [0.1, 0.15) is 11.5 Å². The Balaban J connectivity index is 1.83. The summed E-state index contributed by atoms with van der Waals surface area (Å²) in [6.07, 6.45) is 5.53. The first-order chi connectivity index (χ1) is 9.19. The van der Waals surface area contributed by atoms with E-state index in [9.17, 15) is 0 Å². The summed E-state index contributed by atoms with van der Waals surface area (Å²) >= 11 is 0. The monoisotopic (exact) mass is 265 g/mol. The van der Waals surface area contributed by atoms with Gasteiger partial charge < -0.3 is 14.5 Å². The van der Waals surface area contributed by atoms with Crippen molar-refractivity contribution < 1.29 is 9.15 Å². The molecule has 0 aromatic carbocycles. The Kier molecular flexibility index (Phi) is 5.46. The van der Waals surface area contributed by atoms with Crippen LogP contribution in [-0.2, 0) is 17.9 Å². The van der Waals surface area contributed by atoms with E-state index in [4.69, 9.17) is 9.15 Å². The van der Waals surface area contributed by atoms with Crippen LogP contribution >= 0.6 is 0 Å². The van der Waals surface area contributed by atoms with Crippen LogP contribution in [-0.4, -0.2) is 12.6 Å². The summed E-state index contributed by atoms with van der Waals surface area (Å²) in [4.78, 5) is 0. The standard InChI is InChI=1S/C16H27NO2/c1-4-17-10-16-9-14(13(3)19-16)11-18-15-7-5-6-12(2)8-15/h9,12,15,17H,4-8,10-11H2,1-3H3. The highest BCUT2D eigenvalue weighted by atomic mass is 16.5. The van der Waals surface area contributed by atoms with Crippen molar-refractivity contribution in [1.29, 1.82) is 0 Å². The maximum absolute atomic E-state index is 6.06. The quantitative estimate of drug-likeness (QED) is 0.849. The van der Waals surface area contributed by atoms with Crippen molar-refractivity contribution in [3.05, 3.63) is 23.2 Å². The highest BCUT2D eigenvalue weighted by molar-refractivity contribution is 5.20. The Hall–Kier alpha value is -0.800. The molecular weight excluding hydrogens is 238 g/mol. The number of hydrogen-bond acceptors (Lipinski definition) is 3. The highest BCUT2D eigenvalue weighted by Gasteiger charge is 2.20. The fraction of sp³-hybridized carbons (Fsp3) is 0.750. The third-order valence-corrected chi connectivity index (χ3v) is 3.98. The van der Waals surface area contributed by atoms with Crippen LogP contribution in [0.5, 0.6) is 0 Å². The molecule has 2 unspecified atom stereocenters. The van der Waals surface area contributed by atoms with E-state index in [2.05, 4.69) is 25.2 Å². The summed E-state index contributed by atoms with van der Waals surface area (Å²) in [6.45, 7) is 8.91. The van der Waals surface area contributed by atoms with Crippen molar-refractivity contribution in [3.63, 3.8) is 0 Å². The summed E-state index contributed by atoms with van der Waals surface area (Å²) in [5, 5.41) is 3.28. The Morgan fingerprint density at radius 1 is 1.42 bits per heavy atom. The summed E-state index contributed by atoms with van der Waals surface area (Å²) in [6, 6.07) is 2.13. The lowest BCUT2D eigenvalue weighted by Gasteiger charge is -2.26. The molecule has 0 radical (unpaired) electrons. The van der Waals surface area contributed by atoms with E-state index in [1.165, 1.54) is 31.2 Å². The lowest BCUT2D eigenvalue weighted by Crippen LogP contribution is -2.21. The molecule has 1 heterocycles. The van der Waals surface area contributed by atoms with Gasteiger partial charge in [-0.1, -0.05) is 26.7 Å². The van der Waals surface area contributed by atoms with Crippen LogP contribution in [0.15, 0.2) is 10.5 Å². The Bertz CT molecular complexity index is 386. The number of nitrogens with one attached hydrogen (secondary N) is 1. The van der Waals surface area contributed by atoms with Gasteiger partial charge in [-0.25, -0.2) is 0 Å². The van der Waals surface area contributed by atoms with E-state index in [1.54, 1.807) is 0 Å². The number of ether oxygens (including phenoxy) is 1. The summed E-state index contributed by atoms with van der Waals surface area (Å²) in [7, 11) is 0. The van der Waals surface area contributed by atoms with E-state index in [1.807, 2.05) is 6.92 Å². The van der Waals surface area contributed by atoms with Crippen molar-refractivity contribution in [2.45, 2.75) is 65.7 Å². The molecule has 0 saturated heterocycles. The van der Waals surface area contributed by atoms with Crippen LogP contribution in [0.3, 0.4) is 0 Å². The van der Waals surface area contributed by atoms with E-state index in [0.29, 0.717) is 12.7 Å². The molecule has 3 heteroatoms. The first-order valence-corrected chi connectivity index (χ1v) is 7.59. The minimum absolute atomic E-state index is 0.440. The van der Waals surface area contributed by atoms with Crippen LogP contribution < -0.4 is 5.32 Å². The molecule has 0 aliphatic heterocycles. The van der Waals surface area contributed by atoms with Gasteiger partial charge >= 0.3 is 0 Å². The van der Waals surface area contributed by atoms with Gasteiger partial charge in [0, 0.05) is 5.56 Å². The molecule has 0 spiro atoms. The molecule has 2 rings (SSSR count). The van der Waals surface area contributed by atoms with E-state index < -0.39 is 0 Å². The predicted octanol–water partition coefficient (Wildman–Crippen LogP) is 3.79. The Morgan fingerprint density at radius 3 is 3.00 bits per heavy atom. The number of hydrogen-bond donors (Lipinski definition) is 1. The second-order valence-corrected chi connectivity index (χ2v) is 5.78. The molecular formula is C16H27NO2. The molecule has 0 amide bonds. The second-order valence-electron chi connectivity index (χ2n) is 5.78. The van der Waals surface area contributed by atoms with Gasteiger partial charge in [0.25, 0.3) is 0 Å². The molecule has 2 atom stereocenters. The smallest absolute Gasteiger partial charge is 0.118 e. The highest BCUT2D eigenvalue weighted by Crippen LogP contribution is 2.27. The fourth-order valence-electron chi connectivity index (χ4n) is 2.80. The molecule has 1 saturated carbocycles. The van der Waals surface area contributed by atoms with Gasteiger partial charge in [-0.2, -0.15) is 0 Å². The number of rotatable bonds is 6. The summed E-state index contributed by atoms with van der Waals surface area (Å²) < 4.78 is 11.8. The molecule has 19 heavy (non-hydrogen) atoms. The zero-order valence-corrected chi connectivity index (χ0v) is 12.5. The van der Waals surface area contributed by atoms with E-state index in [0.717, 1.165) is 30.5 Å². The van der Waals surface area contributed by atoms with Crippen molar-refractivity contribution in [3.8, 4) is 0 Å². The van der Waals surface area contributed by atoms with Crippen molar-refractivity contribution in [2.24, 2.45) is 5.92 Å². The minimum atomic E-state index is 0.440. The molecule has 1 N–H and O–H groups in total. The van der Waals surface area contributed by atoms with Crippen LogP contribution in [0.1, 0.15) is 56.6 Å². The SMILES string of the molecule is CCNCc1cc(COC2CCCC(C)C2)c(C)o1. The van der Waals surface area contributed by atoms with Crippen molar-refractivity contribution in [2.75, 3.05) is 6.54 Å². The van der Waals surface area contributed by atoms with Gasteiger partial charge in [-0.3, -0.25) is 0 Å². The first kappa shape index (κ1) is 14.6. The van der Waals surface area contributed by atoms with E-state index in [-0.39, 0.29) is 0 Å². The number of furan rings is 1. The van der Waals surface area contributed by atoms with Crippen molar-refractivity contribution in [1.82, 2.24) is 5.32 Å². The fourth-order valence-corrected chi connectivity index (χ4v) is 2.80. The topological polar surface area (TPSA) is 34.4 Å². The van der Waals surface area contributed by atoms with Crippen LogP contribution in [0, 0.1) is 12.8 Å². The normalized spacial score (nSPS) is 23.7. The first-order valence-electron chi connectivity index (χ1n) is 7.59. The molecule has 1 aliphatic carbocycles. The Morgan fingerprint density at radius 2 is 2.26 bits per heavy atom. The molecule has 3 nitrogen and oxygen atoms in total. The Labute approximate surface area is 116 Å². The van der Waals surface area contributed by atoms with Gasteiger partial charge in [0.05, 0.1) is 19.3 Å². The molecule has 1 aromatic heterocycles. The van der Waals surface area contributed by atoms with Gasteiger partial charge in [0.15, 0.2) is 0 Å². The van der Waals surface area contributed by atoms with Crippen LogP contribution in [0.4, 0.5) is 0 Å².